The van der Waals surface area contributed by atoms with Crippen molar-refractivity contribution >= 4 is 23.1 Å². The number of hydrogen-bond acceptors (Lipinski definition) is 3. The quantitative estimate of drug-likeness (QED) is 0.798. The monoisotopic (exact) mass is 299 g/mol. The molecule has 108 valence electrons. The number of nitrogens with zero attached hydrogens (tertiary/aromatic N) is 1. The van der Waals surface area contributed by atoms with Gasteiger partial charge in [0.1, 0.15) is 5.92 Å². The Balaban J connectivity index is 1.95. The van der Waals surface area contributed by atoms with Gasteiger partial charge in [0.25, 0.3) is 0 Å². The molecule has 4 nitrogen and oxygen atoms in total. The highest BCUT2D eigenvalue weighted by atomic mass is 32.1. The molecule has 0 saturated carbocycles. The first-order valence-corrected chi connectivity index (χ1v) is 7.10. The van der Waals surface area contributed by atoms with Gasteiger partial charge in [-0.2, -0.15) is 0 Å². The van der Waals surface area contributed by atoms with Crippen LogP contribution in [0.2, 0.25) is 0 Å². The number of aromatic nitrogens is 1. The Labute approximate surface area is 129 Å². The summed E-state index contributed by atoms with van der Waals surface area (Å²) in [6.45, 7) is 0.537. The molecular formula is C16H17N3OS. The van der Waals surface area contributed by atoms with Crippen molar-refractivity contribution in [2.45, 2.75) is 12.3 Å². The van der Waals surface area contributed by atoms with Crippen LogP contribution in [0.1, 0.15) is 17.0 Å². The van der Waals surface area contributed by atoms with Gasteiger partial charge < -0.3 is 11.1 Å². The number of nitrogens with one attached hydrogen (secondary N) is 1. The maximum absolute atomic E-state index is 12.3. The van der Waals surface area contributed by atoms with Crippen LogP contribution < -0.4 is 11.1 Å². The normalized spacial score (nSPS) is 11.6. The van der Waals surface area contributed by atoms with E-state index in [1.54, 1.807) is 12.4 Å². The van der Waals surface area contributed by atoms with Gasteiger partial charge in [-0.1, -0.05) is 42.5 Å². The number of carbonyl (C=O) groups excluding carboxylic acids is 1. The molecule has 0 radical (unpaired) electrons. The minimum absolute atomic E-state index is 0.164. The van der Waals surface area contributed by atoms with Crippen LogP contribution in [0, 0.1) is 0 Å². The van der Waals surface area contributed by atoms with E-state index in [4.69, 9.17) is 18.0 Å². The summed E-state index contributed by atoms with van der Waals surface area (Å²) in [7, 11) is 0. The first-order chi connectivity index (χ1) is 10.2. The molecule has 0 spiro atoms. The number of benzene rings is 1. The van der Waals surface area contributed by atoms with Crippen molar-refractivity contribution in [3.05, 3.63) is 66.0 Å². The van der Waals surface area contributed by atoms with E-state index in [1.807, 2.05) is 42.5 Å². The van der Waals surface area contributed by atoms with Crippen molar-refractivity contribution in [3.8, 4) is 0 Å². The number of rotatable bonds is 6. The summed E-state index contributed by atoms with van der Waals surface area (Å²) in [6.07, 6.45) is 4.21. The molecule has 0 aliphatic carbocycles. The van der Waals surface area contributed by atoms with Crippen molar-refractivity contribution in [1.29, 1.82) is 0 Å². The second-order valence-corrected chi connectivity index (χ2v) is 5.11. The molecule has 1 unspecified atom stereocenters. The van der Waals surface area contributed by atoms with E-state index in [9.17, 15) is 4.79 Å². The van der Waals surface area contributed by atoms with Crippen LogP contribution in [0.4, 0.5) is 0 Å². The summed E-state index contributed by atoms with van der Waals surface area (Å²) in [5.74, 6) is -0.749. The molecule has 1 aromatic heterocycles. The van der Waals surface area contributed by atoms with Gasteiger partial charge in [0.05, 0.1) is 4.99 Å². The van der Waals surface area contributed by atoms with Gasteiger partial charge in [0.15, 0.2) is 0 Å². The molecule has 1 aromatic carbocycles. The summed E-state index contributed by atoms with van der Waals surface area (Å²) < 4.78 is 0. The highest BCUT2D eigenvalue weighted by molar-refractivity contribution is 7.80. The Kier molecular flexibility index (Phi) is 5.40. The summed E-state index contributed by atoms with van der Waals surface area (Å²) in [5.41, 5.74) is 7.65. The summed E-state index contributed by atoms with van der Waals surface area (Å²) in [6, 6.07) is 13.2. The lowest BCUT2D eigenvalue weighted by atomic mass is 9.98. The lowest BCUT2D eigenvalue weighted by molar-refractivity contribution is -0.121. The molecule has 21 heavy (non-hydrogen) atoms. The summed E-state index contributed by atoms with van der Waals surface area (Å²) in [5, 5.41) is 2.88. The van der Waals surface area contributed by atoms with Crippen molar-refractivity contribution in [3.63, 3.8) is 0 Å². The molecule has 0 aliphatic heterocycles. The maximum atomic E-state index is 12.3. The fourth-order valence-corrected chi connectivity index (χ4v) is 2.32. The van der Waals surface area contributed by atoms with Gasteiger partial charge in [-0.25, -0.2) is 0 Å². The fraction of sp³-hybridized carbons (Fsp3) is 0.188. The van der Waals surface area contributed by atoms with Gasteiger partial charge in [-0.05, 0) is 29.7 Å². The fourth-order valence-electron chi connectivity index (χ4n) is 2.07. The van der Waals surface area contributed by atoms with Crippen LogP contribution in [-0.4, -0.2) is 22.4 Å². The van der Waals surface area contributed by atoms with E-state index in [0.29, 0.717) is 6.54 Å². The Bertz CT molecular complexity index is 601. The van der Waals surface area contributed by atoms with Crippen LogP contribution in [0.5, 0.6) is 0 Å². The predicted molar refractivity (Wildman–Crippen MR) is 86.9 cm³/mol. The zero-order valence-corrected chi connectivity index (χ0v) is 12.3. The molecule has 0 saturated heterocycles. The molecule has 0 fully saturated rings. The standard InChI is InChI=1S/C16H17N3OS/c17-15(21)14(13-4-2-1-3-5-13)16(20)19-11-8-12-6-9-18-10-7-12/h1-7,9-10,14H,8,11H2,(H2,17,21)(H,19,20). The maximum Gasteiger partial charge on any atom is 0.234 e. The zero-order valence-electron chi connectivity index (χ0n) is 11.5. The molecule has 0 aliphatic rings. The molecule has 3 N–H and O–H groups in total. The minimum atomic E-state index is -0.585. The molecule has 1 amide bonds. The average molecular weight is 299 g/mol. The van der Waals surface area contributed by atoms with Crippen LogP contribution in [0.25, 0.3) is 0 Å². The zero-order chi connectivity index (χ0) is 15.1. The number of thiocarbonyl (C=S) groups is 1. The van der Waals surface area contributed by atoms with Gasteiger partial charge >= 0.3 is 0 Å². The van der Waals surface area contributed by atoms with Crippen LogP contribution >= 0.6 is 12.2 Å². The largest absolute Gasteiger partial charge is 0.392 e. The first-order valence-electron chi connectivity index (χ1n) is 6.69. The van der Waals surface area contributed by atoms with Crippen LogP contribution in [-0.2, 0) is 11.2 Å². The summed E-state index contributed by atoms with van der Waals surface area (Å²) >= 11 is 5.03. The van der Waals surface area contributed by atoms with E-state index in [2.05, 4.69) is 10.3 Å². The van der Waals surface area contributed by atoms with Crippen LogP contribution in [0.3, 0.4) is 0 Å². The smallest absolute Gasteiger partial charge is 0.234 e. The molecule has 2 aromatic rings. The number of amides is 1. The number of hydrogen-bond donors (Lipinski definition) is 2. The third-order valence-corrected chi connectivity index (χ3v) is 3.38. The third kappa shape index (κ3) is 4.36. The minimum Gasteiger partial charge on any atom is -0.392 e. The highest BCUT2D eigenvalue weighted by Gasteiger charge is 2.22. The average Bonchev–Trinajstić information content (AvgIpc) is 2.49. The molecule has 2 rings (SSSR count). The Morgan fingerprint density at radius 3 is 2.48 bits per heavy atom. The topological polar surface area (TPSA) is 68.0 Å². The first kappa shape index (κ1) is 15.1. The van der Waals surface area contributed by atoms with Crippen molar-refractivity contribution in [1.82, 2.24) is 10.3 Å². The number of carbonyl (C=O) groups is 1. The van der Waals surface area contributed by atoms with Crippen molar-refractivity contribution < 1.29 is 4.79 Å². The van der Waals surface area contributed by atoms with Gasteiger partial charge in [-0.3, -0.25) is 9.78 Å². The van der Waals surface area contributed by atoms with Crippen molar-refractivity contribution in [2.75, 3.05) is 6.54 Å². The highest BCUT2D eigenvalue weighted by Crippen LogP contribution is 2.16. The molecular weight excluding hydrogens is 282 g/mol. The predicted octanol–water partition coefficient (Wildman–Crippen LogP) is 1.81. The molecule has 1 heterocycles. The lowest BCUT2D eigenvalue weighted by Crippen LogP contribution is -2.37. The Morgan fingerprint density at radius 1 is 1.19 bits per heavy atom. The molecule has 0 bridgehead atoms. The van der Waals surface area contributed by atoms with Gasteiger partial charge in [0, 0.05) is 18.9 Å². The third-order valence-electron chi connectivity index (χ3n) is 3.14. The van der Waals surface area contributed by atoms with Crippen LogP contribution in [0.15, 0.2) is 54.9 Å². The second kappa shape index (κ2) is 7.50. The second-order valence-electron chi connectivity index (χ2n) is 4.64. The van der Waals surface area contributed by atoms with E-state index in [-0.39, 0.29) is 10.9 Å². The number of nitrogens with two attached hydrogens (primary N) is 1. The van der Waals surface area contributed by atoms with Gasteiger partial charge in [0.2, 0.25) is 5.91 Å². The number of pyridine rings is 1. The van der Waals surface area contributed by atoms with Gasteiger partial charge in [-0.15, -0.1) is 0 Å². The van der Waals surface area contributed by atoms with Crippen molar-refractivity contribution in [2.24, 2.45) is 5.73 Å². The molecule has 5 heteroatoms. The van der Waals surface area contributed by atoms with E-state index >= 15 is 0 Å². The SMILES string of the molecule is NC(=S)C(C(=O)NCCc1ccncc1)c1ccccc1. The van der Waals surface area contributed by atoms with E-state index in [1.165, 1.54) is 0 Å². The lowest BCUT2D eigenvalue weighted by Gasteiger charge is -2.16. The summed E-state index contributed by atoms with van der Waals surface area (Å²) in [4.78, 5) is 16.4. The Hall–Kier alpha value is -2.27. The van der Waals surface area contributed by atoms with E-state index in [0.717, 1.165) is 17.5 Å². The van der Waals surface area contributed by atoms with E-state index < -0.39 is 5.92 Å². The molecule has 1 atom stereocenters. The Morgan fingerprint density at radius 2 is 1.86 bits per heavy atom.